The van der Waals surface area contributed by atoms with Crippen LogP contribution < -0.4 is 5.09 Å². The molecule has 0 amide bonds. The van der Waals surface area contributed by atoms with E-state index < -0.39 is 0 Å². The molecule has 2 nitrogen and oxygen atoms in total. The van der Waals surface area contributed by atoms with E-state index in [1.165, 1.54) is 5.56 Å². The van der Waals surface area contributed by atoms with Crippen molar-refractivity contribution >= 4 is 15.7 Å². The Kier molecular flexibility index (Phi) is 5.13. The minimum Gasteiger partial charge on any atom is -0.301 e. The fraction of sp³-hybridized carbons (Fsp3) is 0.182. The lowest BCUT2D eigenvalue weighted by molar-refractivity contribution is -0.108. The average Bonchev–Trinajstić information content (AvgIpc) is 2.26. The molecule has 0 fully saturated rings. The largest absolute Gasteiger partial charge is 0.301 e. The molecular weight excluding hydrogens is 193 g/mol. The number of rotatable bonds is 5. The van der Waals surface area contributed by atoms with Crippen LogP contribution in [0.3, 0.4) is 0 Å². The first kappa shape index (κ1) is 11.1. The van der Waals surface area contributed by atoms with E-state index in [4.69, 9.17) is 0 Å². The first-order chi connectivity index (χ1) is 6.86. The molecule has 0 bridgehead atoms. The predicted octanol–water partition coefficient (Wildman–Crippen LogP) is 1.73. The molecule has 1 aromatic rings. The third-order valence-corrected chi connectivity index (χ3v) is 2.26. The van der Waals surface area contributed by atoms with Crippen molar-refractivity contribution in [3.63, 3.8) is 0 Å². The summed E-state index contributed by atoms with van der Waals surface area (Å²) >= 11 is 0. The number of benzene rings is 1. The minimum atomic E-state index is -0.205. The van der Waals surface area contributed by atoms with Crippen LogP contribution in [-0.2, 0) is 11.2 Å². The van der Waals surface area contributed by atoms with E-state index in [-0.39, 0.29) is 6.04 Å². The SMILES string of the molecule is O=C[C@@H](/C=C\Cc1ccccc1)NP. The molecule has 0 aliphatic heterocycles. The molecular formula is C11H14NOP. The normalized spacial score (nSPS) is 12.9. The summed E-state index contributed by atoms with van der Waals surface area (Å²) in [5.74, 6) is 0. The zero-order valence-electron chi connectivity index (χ0n) is 7.89. The maximum Gasteiger partial charge on any atom is 0.141 e. The monoisotopic (exact) mass is 207 g/mol. The van der Waals surface area contributed by atoms with Crippen molar-refractivity contribution in [2.45, 2.75) is 12.5 Å². The first-order valence-corrected chi connectivity index (χ1v) is 5.06. The maximum atomic E-state index is 10.5. The highest BCUT2D eigenvalue weighted by Crippen LogP contribution is 2.00. The number of carbonyl (C=O) groups excluding carboxylic acids is 1. The number of hydrogen-bond acceptors (Lipinski definition) is 2. The van der Waals surface area contributed by atoms with Crippen LogP contribution in [0.5, 0.6) is 0 Å². The Hall–Kier alpha value is -0.980. The van der Waals surface area contributed by atoms with Gasteiger partial charge in [-0.1, -0.05) is 51.9 Å². The van der Waals surface area contributed by atoms with E-state index in [0.29, 0.717) is 0 Å². The number of hydrogen-bond donors (Lipinski definition) is 1. The van der Waals surface area contributed by atoms with E-state index in [1.807, 2.05) is 30.4 Å². The Bertz CT molecular complexity index is 297. The van der Waals surface area contributed by atoms with E-state index in [1.54, 1.807) is 0 Å². The van der Waals surface area contributed by atoms with Crippen LogP contribution in [0.2, 0.25) is 0 Å². The summed E-state index contributed by atoms with van der Waals surface area (Å²) in [6, 6.07) is 9.93. The number of aldehydes is 1. The van der Waals surface area contributed by atoms with Gasteiger partial charge >= 0.3 is 0 Å². The average molecular weight is 207 g/mol. The Morgan fingerprint density at radius 3 is 2.64 bits per heavy atom. The number of allylic oxidation sites excluding steroid dienone is 1. The second kappa shape index (κ2) is 6.47. The van der Waals surface area contributed by atoms with E-state index in [0.717, 1.165) is 12.7 Å². The van der Waals surface area contributed by atoms with Crippen LogP contribution in [0, 0.1) is 0 Å². The Morgan fingerprint density at radius 1 is 1.36 bits per heavy atom. The third kappa shape index (κ3) is 3.82. The van der Waals surface area contributed by atoms with Gasteiger partial charge in [-0.05, 0) is 12.0 Å². The molecule has 0 spiro atoms. The van der Waals surface area contributed by atoms with Crippen molar-refractivity contribution in [2.24, 2.45) is 0 Å². The van der Waals surface area contributed by atoms with E-state index >= 15 is 0 Å². The Morgan fingerprint density at radius 2 is 2.07 bits per heavy atom. The standard InChI is InChI=1S/C11H14NOP/c13-9-11(12-14)8-4-7-10-5-2-1-3-6-10/h1-6,8-9,11-12H,7,14H2/b8-4-/t11-/m1/s1. The van der Waals surface area contributed by atoms with Gasteiger partial charge in [-0.3, -0.25) is 5.09 Å². The molecule has 0 aliphatic rings. The molecule has 2 atom stereocenters. The molecule has 0 saturated heterocycles. The second-order valence-corrected chi connectivity index (χ2v) is 3.28. The highest BCUT2D eigenvalue weighted by molar-refractivity contribution is 7.13. The predicted molar refractivity (Wildman–Crippen MR) is 62.0 cm³/mol. The van der Waals surface area contributed by atoms with Gasteiger partial charge in [0.05, 0.1) is 6.04 Å². The summed E-state index contributed by atoms with van der Waals surface area (Å²) < 4.78 is 0. The van der Waals surface area contributed by atoms with Crippen molar-refractivity contribution in [3.05, 3.63) is 48.0 Å². The van der Waals surface area contributed by atoms with Crippen LogP contribution in [0.15, 0.2) is 42.5 Å². The smallest absolute Gasteiger partial charge is 0.141 e. The van der Waals surface area contributed by atoms with Gasteiger partial charge in [-0.25, -0.2) is 0 Å². The molecule has 0 saturated carbocycles. The molecule has 1 aromatic carbocycles. The third-order valence-electron chi connectivity index (χ3n) is 1.88. The van der Waals surface area contributed by atoms with E-state index in [9.17, 15) is 4.79 Å². The number of carbonyl (C=O) groups is 1. The molecule has 1 unspecified atom stereocenters. The summed E-state index contributed by atoms with van der Waals surface area (Å²) in [5.41, 5.74) is 1.25. The molecule has 1 rings (SSSR count). The lowest BCUT2D eigenvalue weighted by Gasteiger charge is -2.00. The van der Waals surface area contributed by atoms with Crippen LogP contribution >= 0.6 is 9.39 Å². The van der Waals surface area contributed by atoms with Crippen molar-refractivity contribution in [1.82, 2.24) is 5.09 Å². The molecule has 3 heteroatoms. The first-order valence-electron chi connectivity index (χ1n) is 4.49. The van der Waals surface area contributed by atoms with Crippen molar-refractivity contribution in [1.29, 1.82) is 0 Å². The van der Waals surface area contributed by atoms with E-state index in [2.05, 4.69) is 26.6 Å². The zero-order chi connectivity index (χ0) is 10.2. The van der Waals surface area contributed by atoms with Gasteiger partial charge in [-0.2, -0.15) is 0 Å². The minimum absolute atomic E-state index is 0.205. The van der Waals surface area contributed by atoms with Crippen LogP contribution in [-0.4, -0.2) is 12.3 Å². The highest BCUT2D eigenvalue weighted by Gasteiger charge is 1.95. The van der Waals surface area contributed by atoms with Crippen LogP contribution in [0.4, 0.5) is 0 Å². The summed E-state index contributed by atoms with van der Waals surface area (Å²) in [6.45, 7) is 0. The van der Waals surface area contributed by atoms with Gasteiger partial charge in [-0.15, -0.1) is 0 Å². The molecule has 0 radical (unpaired) electrons. The van der Waals surface area contributed by atoms with Crippen LogP contribution in [0.1, 0.15) is 5.56 Å². The lowest BCUT2D eigenvalue weighted by atomic mass is 10.1. The van der Waals surface area contributed by atoms with Gasteiger partial charge in [0, 0.05) is 0 Å². The van der Waals surface area contributed by atoms with Crippen molar-refractivity contribution in [2.75, 3.05) is 0 Å². The van der Waals surface area contributed by atoms with Crippen molar-refractivity contribution < 1.29 is 4.79 Å². The summed E-state index contributed by atoms with van der Waals surface area (Å²) in [6.07, 6.45) is 5.57. The molecule has 0 heterocycles. The van der Waals surface area contributed by atoms with Gasteiger partial charge < -0.3 is 4.79 Å². The van der Waals surface area contributed by atoms with Gasteiger partial charge in [0.15, 0.2) is 0 Å². The summed E-state index contributed by atoms with van der Waals surface area (Å²) in [7, 11) is 2.33. The number of nitrogens with one attached hydrogen (secondary N) is 1. The molecule has 0 aliphatic carbocycles. The quantitative estimate of drug-likeness (QED) is 0.452. The lowest BCUT2D eigenvalue weighted by Crippen LogP contribution is -2.18. The Labute approximate surface area is 86.7 Å². The summed E-state index contributed by atoms with van der Waals surface area (Å²) in [5, 5.41) is 2.80. The second-order valence-electron chi connectivity index (χ2n) is 2.95. The zero-order valence-corrected chi connectivity index (χ0v) is 9.04. The van der Waals surface area contributed by atoms with Crippen molar-refractivity contribution in [3.8, 4) is 0 Å². The molecule has 74 valence electrons. The molecule has 0 aromatic heterocycles. The fourth-order valence-corrected chi connectivity index (χ4v) is 1.29. The fourth-order valence-electron chi connectivity index (χ4n) is 1.11. The molecule has 14 heavy (non-hydrogen) atoms. The van der Waals surface area contributed by atoms with Crippen LogP contribution in [0.25, 0.3) is 0 Å². The maximum absolute atomic E-state index is 10.5. The molecule has 1 N–H and O–H groups in total. The van der Waals surface area contributed by atoms with Gasteiger partial charge in [0.1, 0.15) is 6.29 Å². The van der Waals surface area contributed by atoms with Gasteiger partial charge in [0.2, 0.25) is 0 Å². The topological polar surface area (TPSA) is 29.1 Å². The summed E-state index contributed by atoms with van der Waals surface area (Å²) in [4.78, 5) is 10.5. The van der Waals surface area contributed by atoms with Gasteiger partial charge in [0.25, 0.3) is 0 Å². The highest BCUT2D eigenvalue weighted by atomic mass is 31.0. The Balaban J connectivity index is 2.44.